The van der Waals surface area contributed by atoms with Gasteiger partial charge in [0.05, 0.1) is 11.4 Å². The average molecular weight is 251 g/mol. The smallest absolute Gasteiger partial charge is 0.267 e. The second-order valence-electron chi connectivity index (χ2n) is 3.62. The molecule has 2 aromatic rings. The number of halogens is 1. The van der Waals surface area contributed by atoms with Gasteiger partial charge in [-0.1, -0.05) is 11.6 Å². The van der Waals surface area contributed by atoms with E-state index in [1.54, 1.807) is 24.3 Å². The summed E-state index contributed by atoms with van der Waals surface area (Å²) >= 11 is 5.75. The highest BCUT2D eigenvalue weighted by molar-refractivity contribution is 6.30. The van der Waals surface area contributed by atoms with Gasteiger partial charge in [-0.05, 0) is 43.3 Å². The Labute approximate surface area is 103 Å². The number of hydrogen-bond donors (Lipinski definition) is 1. The van der Waals surface area contributed by atoms with Gasteiger partial charge in [0.2, 0.25) is 0 Å². The maximum absolute atomic E-state index is 11.8. The maximum atomic E-state index is 11.8. The molecule has 0 bridgehead atoms. The molecule has 0 unspecified atom stereocenters. The van der Waals surface area contributed by atoms with E-state index >= 15 is 0 Å². The minimum atomic E-state index is -0.255. The predicted octanol–water partition coefficient (Wildman–Crippen LogP) is 1.93. The number of carbonyl (C=O) groups excluding carboxylic acids is 1. The number of benzene rings is 1. The van der Waals surface area contributed by atoms with Crippen LogP contribution in [0.2, 0.25) is 5.02 Å². The van der Waals surface area contributed by atoms with Crippen molar-refractivity contribution in [1.82, 2.24) is 15.1 Å². The molecule has 17 heavy (non-hydrogen) atoms. The van der Waals surface area contributed by atoms with Crippen LogP contribution in [0.3, 0.4) is 0 Å². The van der Waals surface area contributed by atoms with Crippen LogP contribution < -0.4 is 5.43 Å². The second kappa shape index (κ2) is 4.55. The Morgan fingerprint density at radius 3 is 2.47 bits per heavy atom. The molecular weight excluding hydrogens is 240 g/mol. The molecule has 0 saturated heterocycles. The molecular formula is C11H11ClN4O. The van der Waals surface area contributed by atoms with Crippen LogP contribution in [-0.2, 0) is 0 Å². The van der Waals surface area contributed by atoms with Crippen LogP contribution in [0, 0.1) is 13.8 Å². The molecule has 0 aliphatic carbocycles. The van der Waals surface area contributed by atoms with Crippen molar-refractivity contribution in [3.8, 4) is 0 Å². The molecule has 0 atom stereocenters. The number of carbonyl (C=O) groups is 1. The first-order valence-corrected chi connectivity index (χ1v) is 5.41. The molecule has 1 heterocycles. The van der Waals surface area contributed by atoms with E-state index in [1.165, 1.54) is 4.79 Å². The molecule has 0 radical (unpaired) electrons. The van der Waals surface area contributed by atoms with Gasteiger partial charge in [-0.25, -0.2) is 5.43 Å². The number of nitrogens with one attached hydrogen (secondary N) is 1. The molecule has 1 N–H and O–H groups in total. The lowest BCUT2D eigenvalue weighted by Crippen LogP contribution is -2.25. The number of amides is 1. The van der Waals surface area contributed by atoms with Crippen molar-refractivity contribution in [3.05, 3.63) is 46.2 Å². The minimum absolute atomic E-state index is 0.255. The van der Waals surface area contributed by atoms with Gasteiger partial charge in [-0.2, -0.15) is 4.79 Å². The fourth-order valence-electron chi connectivity index (χ4n) is 1.27. The molecule has 0 fully saturated rings. The lowest BCUT2D eigenvalue weighted by Gasteiger charge is -2.05. The Morgan fingerprint density at radius 2 is 1.94 bits per heavy atom. The highest BCUT2D eigenvalue weighted by Gasteiger charge is 2.09. The van der Waals surface area contributed by atoms with E-state index in [1.807, 2.05) is 13.8 Å². The van der Waals surface area contributed by atoms with Crippen molar-refractivity contribution in [2.45, 2.75) is 13.8 Å². The lowest BCUT2D eigenvalue weighted by atomic mass is 10.2. The van der Waals surface area contributed by atoms with Gasteiger partial charge in [0.15, 0.2) is 0 Å². The minimum Gasteiger partial charge on any atom is -0.267 e. The fraction of sp³-hybridized carbons (Fsp3) is 0.182. The number of nitrogens with zero attached hydrogens (tertiary/aromatic N) is 3. The van der Waals surface area contributed by atoms with Crippen molar-refractivity contribution < 1.29 is 4.79 Å². The Kier molecular flexibility index (Phi) is 3.10. The summed E-state index contributed by atoms with van der Waals surface area (Å²) in [5.41, 5.74) is 4.72. The van der Waals surface area contributed by atoms with E-state index in [9.17, 15) is 4.79 Å². The van der Waals surface area contributed by atoms with Crippen LogP contribution in [0.25, 0.3) is 0 Å². The molecule has 0 aliphatic heterocycles. The molecule has 6 heteroatoms. The maximum Gasteiger partial charge on any atom is 0.271 e. The normalized spacial score (nSPS) is 10.3. The Hall–Kier alpha value is -1.88. The largest absolute Gasteiger partial charge is 0.271 e. The highest BCUT2D eigenvalue weighted by Crippen LogP contribution is 2.09. The van der Waals surface area contributed by atoms with E-state index in [-0.39, 0.29) is 5.91 Å². The van der Waals surface area contributed by atoms with Gasteiger partial charge in [-0.15, -0.1) is 5.10 Å². The molecule has 1 aromatic heterocycles. The van der Waals surface area contributed by atoms with Crippen molar-refractivity contribution in [1.29, 1.82) is 0 Å². The Morgan fingerprint density at radius 1 is 1.29 bits per heavy atom. The SMILES string of the molecule is Cc1nnn(NC(=O)c2ccc(Cl)cc2)c1C. The fourth-order valence-corrected chi connectivity index (χ4v) is 1.40. The topological polar surface area (TPSA) is 59.8 Å². The first kappa shape index (κ1) is 11.6. The summed E-state index contributed by atoms with van der Waals surface area (Å²) in [6.07, 6.45) is 0. The summed E-state index contributed by atoms with van der Waals surface area (Å²) in [5.74, 6) is -0.255. The zero-order chi connectivity index (χ0) is 12.4. The molecule has 0 spiro atoms. The number of aryl methyl sites for hydroxylation is 1. The van der Waals surface area contributed by atoms with Crippen LogP contribution in [0.4, 0.5) is 0 Å². The zero-order valence-electron chi connectivity index (χ0n) is 9.44. The molecule has 5 nitrogen and oxygen atoms in total. The van der Waals surface area contributed by atoms with Crippen molar-refractivity contribution in [2.24, 2.45) is 0 Å². The molecule has 1 aromatic carbocycles. The quantitative estimate of drug-likeness (QED) is 0.886. The molecule has 0 aliphatic rings. The van der Waals surface area contributed by atoms with Gasteiger partial charge in [-0.3, -0.25) is 4.79 Å². The molecule has 0 saturated carbocycles. The van der Waals surface area contributed by atoms with Gasteiger partial charge < -0.3 is 0 Å². The Bertz CT molecular complexity index is 547. The zero-order valence-corrected chi connectivity index (χ0v) is 10.2. The molecule has 2 rings (SSSR count). The van der Waals surface area contributed by atoms with Crippen LogP contribution in [0.1, 0.15) is 21.7 Å². The van der Waals surface area contributed by atoms with E-state index in [4.69, 9.17) is 11.6 Å². The summed E-state index contributed by atoms with van der Waals surface area (Å²) in [6.45, 7) is 3.66. The monoisotopic (exact) mass is 250 g/mol. The standard InChI is InChI=1S/C11H11ClN4O/c1-7-8(2)16(15-13-7)14-11(17)9-3-5-10(12)6-4-9/h3-6H,1-2H3,(H,14,17). The third kappa shape index (κ3) is 2.45. The Balaban J connectivity index is 2.17. The first-order chi connectivity index (χ1) is 8.08. The molecule has 1 amide bonds. The first-order valence-electron chi connectivity index (χ1n) is 5.04. The van der Waals surface area contributed by atoms with E-state index in [0.29, 0.717) is 10.6 Å². The van der Waals surface area contributed by atoms with Gasteiger partial charge in [0.25, 0.3) is 5.91 Å². The van der Waals surface area contributed by atoms with E-state index < -0.39 is 0 Å². The van der Waals surface area contributed by atoms with Crippen LogP contribution in [0.5, 0.6) is 0 Å². The highest BCUT2D eigenvalue weighted by atomic mass is 35.5. The van der Waals surface area contributed by atoms with Crippen LogP contribution in [0.15, 0.2) is 24.3 Å². The third-order valence-electron chi connectivity index (χ3n) is 2.44. The second-order valence-corrected chi connectivity index (χ2v) is 4.06. The van der Waals surface area contributed by atoms with Crippen molar-refractivity contribution >= 4 is 17.5 Å². The summed E-state index contributed by atoms with van der Waals surface area (Å²) in [7, 11) is 0. The van der Waals surface area contributed by atoms with Gasteiger partial charge in [0.1, 0.15) is 0 Å². The van der Waals surface area contributed by atoms with Crippen molar-refractivity contribution in [3.63, 3.8) is 0 Å². The average Bonchev–Trinajstić information content (AvgIpc) is 2.62. The van der Waals surface area contributed by atoms with Crippen LogP contribution >= 0.6 is 11.6 Å². The number of hydrogen-bond acceptors (Lipinski definition) is 3. The van der Waals surface area contributed by atoms with Crippen LogP contribution in [-0.4, -0.2) is 21.0 Å². The number of aromatic nitrogens is 3. The van der Waals surface area contributed by atoms with Gasteiger partial charge >= 0.3 is 0 Å². The van der Waals surface area contributed by atoms with Crippen molar-refractivity contribution in [2.75, 3.05) is 5.43 Å². The lowest BCUT2D eigenvalue weighted by molar-refractivity contribution is 0.100. The van der Waals surface area contributed by atoms with E-state index in [0.717, 1.165) is 11.4 Å². The molecule has 88 valence electrons. The number of rotatable bonds is 2. The summed E-state index contributed by atoms with van der Waals surface area (Å²) < 4.78 is 0. The summed E-state index contributed by atoms with van der Waals surface area (Å²) in [6, 6.07) is 6.62. The van der Waals surface area contributed by atoms with E-state index in [2.05, 4.69) is 15.7 Å². The third-order valence-corrected chi connectivity index (χ3v) is 2.69. The summed E-state index contributed by atoms with van der Waals surface area (Å²) in [5, 5.41) is 8.25. The predicted molar refractivity (Wildman–Crippen MR) is 64.6 cm³/mol. The van der Waals surface area contributed by atoms with Gasteiger partial charge in [0, 0.05) is 10.6 Å². The summed E-state index contributed by atoms with van der Waals surface area (Å²) in [4.78, 5) is 13.2.